The van der Waals surface area contributed by atoms with Gasteiger partial charge in [0.25, 0.3) is 0 Å². The zero-order chi connectivity index (χ0) is 20.1. The summed E-state index contributed by atoms with van der Waals surface area (Å²) in [6, 6.07) is 10.9. The molecule has 3 nitrogen and oxygen atoms in total. The quantitative estimate of drug-likeness (QED) is 0.562. The number of ether oxygens (including phenoxy) is 1. The highest BCUT2D eigenvalue weighted by molar-refractivity contribution is 5.85. The molecule has 0 radical (unpaired) electrons. The van der Waals surface area contributed by atoms with Crippen LogP contribution in [0.1, 0.15) is 57.6 Å². The molecule has 1 aliphatic carbocycles. The van der Waals surface area contributed by atoms with E-state index in [-0.39, 0.29) is 36.2 Å². The molecule has 0 saturated heterocycles. The summed E-state index contributed by atoms with van der Waals surface area (Å²) >= 11 is 0. The molecular weight excluding hydrogens is 396 g/mol. The third-order valence-corrected chi connectivity index (χ3v) is 5.50. The number of carbonyl (C=O) groups excluding carboxylic acids is 1. The van der Waals surface area contributed by atoms with Crippen LogP contribution in [0.15, 0.2) is 42.5 Å². The van der Waals surface area contributed by atoms with Gasteiger partial charge in [-0.15, -0.1) is 12.4 Å². The molecule has 29 heavy (non-hydrogen) atoms. The minimum Gasteiger partial charge on any atom is -0.451 e. The molecule has 1 N–H and O–H groups in total. The Hall–Kier alpha value is -1.98. The second-order valence-electron chi connectivity index (χ2n) is 7.43. The summed E-state index contributed by atoms with van der Waals surface area (Å²) in [5.41, 5.74) is 0.352. The van der Waals surface area contributed by atoms with Crippen LogP contribution in [0.3, 0.4) is 0 Å². The van der Waals surface area contributed by atoms with Crippen molar-refractivity contribution in [1.29, 1.82) is 0 Å². The van der Waals surface area contributed by atoms with Crippen LogP contribution in [0.5, 0.6) is 11.5 Å². The van der Waals surface area contributed by atoms with Crippen LogP contribution in [-0.2, 0) is 4.79 Å². The van der Waals surface area contributed by atoms with Crippen molar-refractivity contribution in [3.05, 3.63) is 59.7 Å². The maximum Gasteiger partial charge on any atom is 0.198 e. The van der Waals surface area contributed by atoms with Gasteiger partial charge in [0.1, 0.15) is 11.5 Å². The van der Waals surface area contributed by atoms with Crippen LogP contribution in [-0.4, -0.2) is 11.8 Å². The van der Waals surface area contributed by atoms with Crippen LogP contribution in [0, 0.1) is 17.6 Å². The Bertz CT molecular complexity index is 816. The van der Waals surface area contributed by atoms with Crippen molar-refractivity contribution < 1.29 is 18.3 Å². The number of benzene rings is 2. The molecule has 3 atom stereocenters. The summed E-state index contributed by atoms with van der Waals surface area (Å²) in [6.45, 7) is 3.91. The smallest absolute Gasteiger partial charge is 0.198 e. The van der Waals surface area contributed by atoms with Gasteiger partial charge in [-0.1, -0.05) is 37.6 Å². The topological polar surface area (TPSA) is 38.3 Å². The normalized spacial score (nSPS) is 18.6. The Labute approximate surface area is 177 Å². The molecule has 1 aliphatic rings. The molecule has 0 aliphatic heterocycles. The first-order valence-electron chi connectivity index (χ1n) is 10.0. The minimum absolute atomic E-state index is 0. The lowest BCUT2D eigenvalue weighted by Crippen LogP contribution is -2.41. The molecular formula is C23H28ClF2NO2. The van der Waals surface area contributed by atoms with E-state index < -0.39 is 17.4 Å². The molecule has 0 amide bonds. The van der Waals surface area contributed by atoms with Crippen molar-refractivity contribution in [3.63, 3.8) is 0 Å². The van der Waals surface area contributed by atoms with Gasteiger partial charge in [0.15, 0.2) is 17.4 Å². The monoisotopic (exact) mass is 423 g/mol. The van der Waals surface area contributed by atoms with E-state index in [2.05, 4.69) is 5.32 Å². The van der Waals surface area contributed by atoms with Crippen molar-refractivity contribution in [2.45, 2.75) is 58.0 Å². The van der Waals surface area contributed by atoms with E-state index in [1.54, 1.807) is 30.3 Å². The number of rotatable bonds is 7. The maximum absolute atomic E-state index is 15.2. The Morgan fingerprint density at radius 3 is 2.52 bits per heavy atom. The Kier molecular flexibility index (Phi) is 8.60. The molecule has 6 heteroatoms. The fourth-order valence-corrected chi connectivity index (χ4v) is 3.92. The molecule has 0 aromatic heterocycles. The van der Waals surface area contributed by atoms with Crippen LogP contribution >= 0.6 is 12.4 Å². The van der Waals surface area contributed by atoms with Crippen molar-refractivity contribution in [3.8, 4) is 11.5 Å². The predicted molar refractivity (Wildman–Crippen MR) is 113 cm³/mol. The number of nitrogens with one attached hydrogen (secondary N) is 1. The van der Waals surface area contributed by atoms with Crippen LogP contribution in [0.2, 0.25) is 0 Å². The van der Waals surface area contributed by atoms with Gasteiger partial charge in [-0.05, 0) is 44.4 Å². The fourth-order valence-electron chi connectivity index (χ4n) is 3.92. The average molecular weight is 424 g/mol. The second-order valence-corrected chi connectivity index (χ2v) is 7.43. The number of ketones is 1. The highest BCUT2D eigenvalue weighted by atomic mass is 35.5. The summed E-state index contributed by atoms with van der Waals surface area (Å²) in [6.07, 6.45) is 4.08. The van der Waals surface area contributed by atoms with E-state index in [0.717, 1.165) is 19.3 Å². The van der Waals surface area contributed by atoms with E-state index in [1.807, 2.05) is 13.8 Å². The van der Waals surface area contributed by atoms with E-state index >= 15 is 4.39 Å². The van der Waals surface area contributed by atoms with Gasteiger partial charge in [0, 0.05) is 30.0 Å². The predicted octanol–water partition coefficient (Wildman–Crippen LogP) is 6.37. The van der Waals surface area contributed by atoms with Crippen LogP contribution in [0.4, 0.5) is 8.78 Å². The van der Waals surface area contributed by atoms with Crippen LogP contribution in [0.25, 0.3) is 0 Å². The van der Waals surface area contributed by atoms with E-state index in [1.165, 1.54) is 12.1 Å². The number of hydrogen-bond donors (Lipinski definition) is 1. The zero-order valence-corrected chi connectivity index (χ0v) is 17.6. The Balaban J connectivity index is 0.00000300. The molecule has 1 fully saturated rings. The lowest BCUT2D eigenvalue weighted by Gasteiger charge is -2.31. The second kappa shape index (κ2) is 10.7. The standard InChI is InChI=1S/C23H27F2NO2.ClH/c1-3-20(26-15(2)17-11-7-8-12-21(17)27)18-13-14-19(24)23(22(18)25)28-16-9-5-4-6-10-16;/h4-6,9-10,13-15,17,20,26H,3,7-8,11-12H2,1-2H3;1H. The molecule has 2 aromatic rings. The van der Waals surface area contributed by atoms with Gasteiger partial charge in [0.2, 0.25) is 0 Å². The van der Waals surface area contributed by atoms with Crippen molar-refractivity contribution in [2.75, 3.05) is 0 Å². The first kappa shape index (κ1) is 23.3. The first-order chi connectivity index (χ1) is 13.5. The third kappa shape index (κ3) is 5.55. The van der Waals surface area contributed by atoms with Crippen molar-refractivity contribution in [2.24, 2.45) is 5.92 Å². The summed E-state index contributed by atoms with van der Waals surface area (Å²) in [5, 5.41) is 3.40. The molecule has 0 bridgehead atoms. The first-order valence-corrected chi connectivity index (χ1v) is 10.0. The molecule has 2 aromatic carbocycles. The lowest BCUT2D eigenvalue weighted by atomic mass is 9.83. The number of Topliss-reactive ketones (excluding diaryl/α,β-unsaturated/α-hetero) is 1. The van der Waals surface area contributed by atoms with Gasteiger partial charge in [-0.2, -0.15) is 0 Å². The molecule has 1 saturated carbocycles. The lowest BCUT2D eigenvalue weighted by molar-refractivity contribution is -0.125. The number of halogens is 3. The maximum atomic E-state index is 15.2. The van der Waals surface area contributed by atoms with Crippen LogP contribution < -0.4 is 10.1 Å². The number of carbonyl (C=O) groups is 1. The number of hydrogen-bond acceptors (Lipinski definition) is 3. The van der Waals surface area contributed by atoms with Gasteiger partial charge in [-0.3, -0.25) is 4.79 Å². The van der Waals surface area contributed by atoms with E-state index in [4.69, 9.17) is 4.74 Å². The molecule has 158 valence electrons. The Morgan fingerprint density at radius 2 is 1.86 bits per heavy atom. The SMILES string of the molecule is CCC(NC(C)C1CCCCC1=O)c1ccc(F)c(Oc2ccccc2)c1F.Cl. The minimum atomic E-state index is -0.740. The molecule has 0 spiro atoms. The number of para-hydroxylation sites is 1. The zero-order valence-electron chi connectivity index (χ0n) is 16.8. The summed E-state index contributed by atoms with van der Waals surface area (Å²) in [7, 11) is 0. The molecule has 3 unspecified atom stereocenters. The largest absolute Gasteiger partial charge is 0.451 e. The molecule has 3 rings (SSSR count). The van der Waals surface area contributed by atoms with Gasteiger partial charge in [0.05, 0.1) is 0 Å². The van der Waals surface area contributed by atoms with Crippen molar-refractivity contribution in [1.82, 2.24) is 5.32 Å². The van der Waals surface area contributed by atoms with Gasteiger partial charge < -0.3 is 10.1 Å². The van der Waals surface area contributed by atoms with E-state index in [0.29, 0.717) is 24.2 Å². The summed E-state index contributed by atoms with van der Waals surface area (Å²) in [5.74, 6) is -1.24. The highest BCUT2D eigenvalue weighted by Crippen LogP contribution is 2.34. The van der Waals surface area contributed by atoms with E-state index in [9.17, 15) is 9.18 Å². The van der Waals surface area contributed by atoms with Gasteiger partial charge >= 0.3 is 0 Å². The summed E-state index contributed by atoms with van der Waals surface area (Å²) < 4.78 is 34.9. The highest BCUT2D eigenvalue weighted by Gasteiger charge is 2.30. The Morgan fingerprint density at radius 1 is 1.14 bits per heavy atom. The molecule has 0 heterocycles. The summed E-state index contributed by atoms with van der Waals surface area (Å²) in [4.78, 5) is 12.2. The third-order valence-electron chi connectivity index (χ3n) is 5.50. The van der Waals surface area contributed by atoms with Crippen molar-refractivity contribution >= 4 is 18.2 Å². The fraction of sp³-hybridized carbons (Fsp3) is 0.435. The van der Waals surface area contributed by atoms with Gasteiger partial charge in [-0.25, -0.2) is 8.78 Å². The average Bonchev–Trinajstić information content (AvgIpc) is 2.71.